The van der Waals surface area contributed by atoms with Crippen LogP contribution in [0.25, 0.3) is 0 Å². The van der Waals surface area contributed by atoms with Crippen LogP contribution in [0.1, 0.15) is 24.3 Å². The lowest BCUT2D eigenvalue weighted by molar-refractivity contribution is 0.317. The number of nitrogens with zero attached hydrogens (tertiary/aromatic N) is 3. The third-order valence-electron chi connectivity index (χ3n) is 4.50. The Morgan fingerprint density at radius 1 is 1.23 bits per heavy atom. The zero-order valence-corrected chi connectivity index (χ0v) is 17.1. The molecule has 1 atom stereocenters. The number of fused-ring (bicyclic) bond motifs is 1. The molecule has 0 amide bonds. The Hall–Kier alpha value is -3.52. The highest BCUT2D eigenvalue weighted by molar-refractivity contribution is 6.30. The monoisotopic (exact) mass is 425 g/mol. The molecular weight excluding hydrogens is 406 g/mol. The summed E-state index contributed by atoms with van der Waals surface area (Å²) in [5.41, 5.74) is 1.79. The van der Waals surface area contributed by atoms with Gasteiger partial charge >= 0.3 is 0 Å². The molecule has 1 aromatic heterocycles. The molecule has 0 saturated heterocycles. The molecule has 0 bridgehead atoms. The van der Waals surface area contributed by atoms with E-state index in [-0.39, 0.29) is 11.3 Å². The van der Waals surface area contributed by atoms with Crippen molar-refractivity contribution >= 4 is 29.2 Å². The summed E-state index contributed by atoms with van der Waals surface area (Å²) in [7, 11) is 0. The molecule has 2 heterocycles. The molecule has 1 aliphatic rings. The molecule has 0 aliphatic carbocycles. The van der Waals surface area contributed by atoms with Crippen LogP contribution in [0.3, 0.4) is 0 Å². The van der Waals surface area contributed by atoms with Crippen molar-refractivity contribution in [3.63, 3.8) is 0 Å². The Balaban J connectivity index is 1.80. The number of aromatic hydroxyl groups is 1. The second-order valence-electron chi connectivity index (χ2n) is 6.70. The van der Waals surface area contributed by atoms with Crippen molar-refractivity contribution in [2.24, 2.45) is 4.99 Å². The molecule has 9 heteroatoms. The number of halogens is 1. The van der Waals surface area contributed by atoms with Crippen LogP contribution >= 0.6 is 11.6 Å². The minimum atomic E-state index is -0.698. The number of aryl methyl sites for hydroxylation is 1. The average Bonchev–Trinajstić information content (AvgIpc) is 2.70. The Morgan fingerprint density at radius 2 is 2.00 bits per heavy atom. The van der Waals surface area contributed by atoms with Crippen LogP contribution in [-0.2, 0) is 0 Å². The van der Waals surface area contributed by atoms with Crippen molar-refractivity contribution in [1.82, 2.24) is 9.55 Å². The van der Waals surface area contributed by atoms with E-state index in [2.05, 4.69) is 20.6 Å². The number of benzene rings is 2. The van der Waals surface area contributed by atoms with Gasteiger partial charge < -0.3 is 15.2 Å². The predicted molar refractivity (Wildman–Crippen MR) is 117 cm³/mol. The van der Waals surface area contributed by atoms with E-state index < -0.39 is 6.17 Å². The molecule has 3 aromatic rings. The van der Waals surface area contributed by atoms with Crippen LogP contribution in [-0.4, -0.2) is 27.2 Å². The smallest absolute Gasteiger partial charge is 0.257 e. The van der Waals surface area contributed by atoms with E-state index >= 15 is 0 Å². The Bertz CT molecular complexity index is 1170. The maximum Gasteiger partial charge on any atom is 0.257 e. The molecule has 3 N–H and O–H groups in total. The first-order valence-corrected chi connectivity index (χ1v) is 9.75. The zero-order chi connectivity index (χ0) is 21.3. The molecule has 2 aromatic carbocycles. The summed E-state index contributed by atoms with van der Waals surface area (Å²) < 4.78 is 6.95. The minimum Gasteiger partial charge on any atom is -0.504 e. The van der Waals surface area contributed by atoms with Crippen molar-refractivity contribution in [2.45, 2.75) is 20.0 Å². The molecule has 1 aliphatic heterocycles. The summed E-state index contributed by atoms with van der Waals surface area (Å²) in [5, 5.41) is 16.9. The van der Waals surface area contributed by atoms with Gasteiger partial charge in [-0.15, -0.1) is 0 Å². The van der Waals surface area contributed by atoms with E-state index in [9.17, 15) is 9.90 Å². The average molecular weight is 426 g/mol. The number of rotatable bonds is 4. The number of hydrogen-bond acceptors (Lipinski definition) is 7. The molecule has 0 unspecified atom stereocenters. The standard InChI is InChI=1S/C21H20ClN5O3/c1-3-30-17-11-13(4-9-16(17)28)19-25-20(24-15-7-5-14(22)6-8-15)26-21-23-12(2)10-18(29)27(19)21/h4-11,19,28H,3H2,1-2H3,(H2,23,24,25,26)/t19-/m0/s1. The van der Waals surface area contributed by atoms with Crippen LogP contribution in [0.5, 0.6) is 11.5 Å². The number of aromatic nitrogens is 2. The molecule has 0 radical (unpaired) electrons. The number of phenolic OH excluding ortho intramolecular Hbond substituents is 1. The summed E-state index contributed by atoms with van der Waals surface area (Å²) in [6.07, 6.45) is -0.698. The fourth-order valence-electron chi connectivity index (χ4n) is 3.17. The summed E-state index contributed by atoms with van der Waals surface area (Å²) in [6.45, 7) is 3.98. The van der Waals surface area contributed by atoms with Crippen LogP contribution < -0.4 is 20.9 Å². The fourth-order valence-corrected chi connectivity index (χ4v) is 3.29. The van der Waals surface area contributed by atoms with Crippen molar-refractivity contribution < 1.29 is 9.84 Å². The van der Waals surface area contributed by atoms with E-state index in [0.717, 1.165) is 5.69 Å². The zero-order valence-electron chi connectivity index (χ0n) is 16.4. The van der Waals surface area contributed by atoms with Crippen molar-refractivity contribution in [2.75, 3.05) is 17.2 Å². The highest BCUT2D eigenvalue weighted by Crippen LogP contribution is 2.33. The van der Waals surface area contributed by atoms with Gasteiger partial charge in [-0.3, -0.25) is 14.7 Å². The second kappa shape index (κ2) is 8.08. The molecule has 0 saturated carbocycles. The van der Waals surface area contributed by atoms with Crippen molar-refractivity contribution in [3.05, 3.63) is 75.2 Å². The van der Waals surface area contributed by atoms with E-state index in [1.165, 1.54) is 16.7 Å². The summed E-state index contributed by atoms with van der Waals surface area (Å²) in [6, 6.07) is 13.5. The highest BCUT2D eigenvalue weighted by Gasteiger charge is 2.26. The van der Waals surface area contributed by atoms with E-state index in [1.807, 2.05) is 19.1 Å². The van der Waals surface area contributed by atoms with Gasteiger partial charge in [0.1, 0.15) is 0 Å². The fraction of sp³-hybridized carbons (Fsp3) is 0.190. The first-order valence-electron chi connectivity index (χ1n) is 9.38. The van der Waals surface area contributed by atoms with Crippen LogP contribution in [0, 0.1) is 6.92 Å². The van der Waals surface area contributed by atoms with Gasteiger partial charge in [0, 0.05) is 28.0 Å². The lowest BCUT2D eigenvalue weighted by Crippen LogP contribution is -2.37. The normalized spacial score (nSPS) is 15.0. The largest absolute Gasteiger partial charge is 0.504 e. The first-order chi connectivity index (χ1) is 14.4. The molecule has 8 nitrogen and oxygen atoms in total. The highest BCUT2D eigenvalue weighted by atomic mass is 35.5. The van der Waals surface area contributed by atoms with Gasteiger partial charge in [0.15, 0.2) is 17.7 Å². The second-order valence-corrected chi connectivity index (χ2v) is 7.13. The lowest BCUT2D eigenvalue weighted by atomic mass is 10.1. The number of ether oxygens (including phenoxy) is 1. The summed E-state index contributed by atoms with van der Waals surface area (Å²) >= 11 is 5.96. The third kappa shape index (κ3) is 3.95. The molecule has 0 spiro atoms. The van der Waals surface area contributed by atoms with Crippen LogP contribution in [0.2, 0.25) is 5.02 Å². The maximum absolute atomic E-state index is 12.7. The Labute approximate surface area is 177 Å². The molecular formula is C21H20ClN5O3. The van der Waals surface area contributed by atoms with E-state index in [0.29, 0.717) is 40.5 Å². The Kier molecular flexibility index (Phi) is 5.33. The minimum absolute atomic E-state index is 0.0210. The number of hydrogen-bond donors (Lipinski definition) is 3. The van der Waals surface area contributed by atoms with Crippen LogP contribution in [0.15, 0.2) is 58.3 Å². The number of nitrogens with one attached hydrogen (secondary N) is 2. The van der Waals surface area contributed by atoms with E-state index in [1.54, 1.807) is 31.2 Å². The van der Waals surface area contributed by atoms with Gasteiger partial charge in [0.05, 0.1) is 6.61 Å². The summed E-state index contributed by atoms with van der Waals surface area (Å²) in [4.78, 5) is 21.9. The van der Waals surface area contributed by atoms with Gasteiger partial charge in [0.25, 0.3) is 5.56 Å². The maximum atomic E-state index is 12.7. The van der Waals surface area contributed by atoms with Gasteiger partial charge in [0.2, 0.25) is 11.9 Å². The van der Waals surface area contributed by atoms with E-state index in [4.69, 9.17) is 16.3 Å². The topological polar surface area (TPSA) is 101 Å². The van der Waals surface area contributed by atoms with Gasteiger partial charge in [-0.1, -0.05) is 17.7 Å². The number of anilines is 2. The predicted octanol–water partition coefficient (Wildman–Crippen LogP) is 3.75. The number of aliphatic imine (C=N–C) groups is 1. The quantitative estimate of drug-likeness (QED) is 0.588. The van der Waals surface area contributed by atoms with Gasteiger partial charge in [-0.25, -0.2) is 9.98 Å². The number of guanidine groups is 1. The number of phenols is 1. The van der Waals surface area contributed by atoms with Crippen molar-refractivity contribution in [1.29, 1.82) is 0 Å². The SMILES string of the molecule is CCOc1cc([C@H]2N=C(Nc3ccc(Cl)cc3)Nc3nc(C)cc(=O)n32)ccc1O. The molecule has 30 heavy (non-hydrogen) atoms. The molecule has 4 rings (SSSR count). The van der Waals surface area contributed by atoms with Gasteiger partial charge in [-0.2, -0.15) is 0 Å². The summed E-state index contributed by atoms with van der Waals surface area (Å²) in [5.74, 6) is 1.13. The lowest BCUT2D eigenvalue weighted by Gasteiger charge is -2.27. The molecule has 0 fully saturated rings. The Morgan fingerprint density at radius 3 is 2.73 bits per heavy atom. The van der Waals surface area contributed by atoms with Crippen molar-refractivity contribution in [3.8, 4) is 11.5 Å². The van der Waals surface area contributed by atoms with Gasteiger partial charge in [-0.05, 0) is 50.2 Å². The van der Waals surface area contributed by atoms with Crippen LogP contribution in [0.4, 0.5) is 11.6 Å². The molecule has 154 valence electrons. The first kappa shape index (κ1) is 19.8. The third-order valence-corrected chi connectivity index (χ3v) is 4.75.